The van der Waals surface area contributed by atoms with Crippen molar-refractivity contribution in [2.45, 2.75) is 52.0 Å². The van der Waals surface area contributed by atoms with Crippen LogP contribution in [0.1, 0.15) is 37.5 Å². The van der Waals surface area contributed by atoms with Gasteiger partial charge < -0.3 is 11.1 Å². The average Bonchev–Trinajstić information content (AvgIpc) is 2.26. The Bertz CT molecular complexity index is 453. The van der Waals surface area contributed by atoms with E-state index < -0.39 is 5.54 Å². The molecule has 3 nitrogen and oxygen atoms in total. The highest BCUT2D eigenvalue weighted by Crippen LogP contribution is 2.20. The van der Waals surface area contributed by atoms with E-state index in [1.807, 2.05) is 20.8 Å². The fraction of sp³-hybridized carbons (Fsp3) is 0.562. The topological polar surface area (TPSA) is 55.1 Å². The van der Waals surface area contributed by atoms with E-state index >= 15 is 0 Å². The van der Waals surface area contributed by atoms with Crippen molar-refractivity contribution >= 4 is 17.7 Å². The third-order valence-electron chi connectivity index (χ3n) is 3.09. The first kappa shape index (κ1) is 17.1. The quantitative estimate of drug-likeness (QED) is 0.813. The summed E-state index contributed by atoms with van der Waals surface area (Å²) < 4.78 is 0. The summed E-state index contributed by atoms with van der Waals surface area (Å²) in [4.78, 5) is 11.7. The molecule has 0 bridgehead atoms. The maximum Gasteiger partial charge on any atom is 0.238 e. The van der Waals surface area contributed by atoms with Gasteiger partial charge in [0.15, 0.2) is 0 Å². The molecule has 20 heavy (non-hydrogen) atoms. The first-order valence-corrected chi connectivity index (χ1v) is 8.11. The number of primary amides is 1. The lowest BCUT2D eigenvalue weighted by atomic mass is 10.0. The maximum atomic E-state index is 11.7. The number of benzene rings is 1. The van der Waals surface area contributed by atoms with Crippen LogP contribution in [0.5, 0.6) is 0 Å². The Hall–Kier alpha value is -1.00. The first-order chi connectivity index (χ1) is 9.23. The molecular weight excluding hydrogens is 268 g/mol. The SMILES string of the molecule is Cc1cc(C)cc(CSCC(C)(NC(C)C)C(N)=O)c1. The number of aryl methyl sites for hydroxylation is 2. The number of carbonyl (C=O) groups is 1. The van der Waals surface area contributed by atoms with Gasteiger partial charge >= 0.3 is 0 Å². The molecule has 4 heteroatoms. The average molecular weight is 294 g/mol. The van der Waals surface area contributed by atoms with Crippen LogP contribution in [0, 0.1) is 13.8 Å². The number of nitrogens with one attached hydrogen (secondary N) is 1. The highest BCUT2D eigenvalue weighted by atomic mass is 32.2. The van der Waals surface area contributed by atoms with E-state index in [-0.39, 0.29) is 11.9 Å². The van der Waals surface area contributed by atoms with Crippen LogP contribution in [0.4, 0.5) is 0 Å². The van der Waals surface area contributed by atoms with Gasteiger partial charge in [-0.25, -0.2) is 0 Å². The van der Waals surface area contributed by atoms with Crippen LogP contribution in [0.25, 0.3) is 0 Å². The standard InChI is InChI=1S/C16H26N2OS/c1-11(2)18-16(5,15(17)19)10-20-9-14-7-12(3)6-13(4)8-14/h6-8,11,18H,9-10H2,1-5H3,(H2,17,19). The Morgan fingerprint density at radius 2 is 1.85 bits per heavy atom. The van der Waals surface area contributed by atoms with Crippen molar-refractivity contribution in [2.24, 2.45) is 5.73 Å². The lowest BCUT2D eigenvalue weighted by molar-refractivity contribution is -0.123. The van der Waals surface area contributed by atoms with Crippen molar-refractivity contribution in [1.82, 2.24) is 5.32 Å². The van der Waals surface area contributed by atoms with Crippen molar-refractivity contribution in [3.8, 4) is 0 Å². The molecule has 3 N–H and O–H groups in total. The maximum absolute atomic E-state index is 11.7. The third-order valence-corrected chi connectivity index (χ3v) is 4.41. The summed E-state index contributed by atoms with van der Waals surface area (Å²) >= 11 is 1.74. The van der Waals surface area contributed by atoms with Gasteiger partial charge in [0.25, 0.3) is 0 Å². The number of nitrogens with two attached hydrogens (primary N) is 1. The van der Waals surface area contributed by atoms with Gasteiger partial charge in [-0.2, -0.15) is 11.8 Å². The molecule has 0 aromatic heterocycles. The fourth-order valence-corrected chi connectivity index (χ4v) is 3.48. The van der Waals surface area contributed by atoms with E-state index in [4.69, 9.17) is 5.73 Å². The number of hydrogen-bond donors (Lipinski definition) is 2. The van der Waals surface area contributed by atoms with Crippen LogP contribution in [-0.4, -0.2) is 23.2 Å². The monoisotopic (exact) mass is 294 g/mol. The number of rotatable bonds is 7. The van der Waals surface area contributed by atoms with E-state index in [1.54, 1.807) is 11.8 Å². The molecule has 0 fully saturated rings. The van der Waals surface area contributed by atoms with E-state index in [2.05, 4.69) is 37.4 Å². The van der Waals surface area contributed by atoms with Gasteiger partial charge in [0.1, 0.15) is 5.54 Å². The molecular formula is C16H26N2OS. The second-order valence-electron chi connectivity index (χ2n) is 5.98. The number of thioether (sulfide) groups is 1. The zero-order valence-electron chi connectivity index (χ0n) is 13.1. The summed E-state index contributed by atoms with van der Waals surface area (Å²) in [6.07, 6.45) is 0. The second-order valence-corrected chi connectivity index (χ2v) is 6.97. The van der Waals surface area contributed by atoms with Crippen LogP contribution in [0.3, 0.4) is 0 Å². The van der Waals surface area contributed by atoms with E-state index in [0.717, 1.165) is 5.75 Å². The Kier molecular flexibility index (Phi) is 6.08. The Labute approximate surface area is 126 Å². The molecule has 0 saturated heterocycles. The molecule has 1 unspecified atom stereocenters. The van der Waals surface area contributed by atoms with Crippen molar-refractivity contribution in [2.75, 3.05) is 5.75 Å². The summed E-state index contributed by atoms with van der Waals surface area (Å²) in [6, 6.07) is 6.78. The molecule has 0 heterocycles. The molecule has 1 aromatic carbocycles. The Morgan fingerprint density at radius 1 is 1.30 bits per heavy atom. The van der Waals surface area contributed by atoms with Crippen molar-refractivity contribution in [1.29, 1.82) is 0 Å². The van der Waals surface area contributed by atoms with Crippen LogP contribution >= 0.6 is 11.8 Å². The van der Waals surface area contributed by atoms with Gasteiger partial charge in [0.2, 0.25) is 5.91 Å². The zero-order chi connectivity index (χ0) is 15.3. The van der Waals surface area contributed by atoms with Crippen LogP contribution in [-0.2, 0) is 10.5 Å². The van der Waals surface area contributed by atoms with Gasteiger partial charge in [0.05, 0.1) is 0 Å². The van der Waals surface area contributed by atoms with Gasteiger partial charge in [-0.1, -0.05) is 29.3 Å². The zero-order valence-corrected chi connectivity index (χ0v) is 13.9. The minimum atomic E-state index is -0.655. The highest BCUT2D eigenvalue weighted by Gasteiger charge is 2.31. The molecule has 1 atom stereocenters. The largest absolute Gasteiger partial charge is 0.368 e. The number of hydrogen-bond acceptors (Lipinski definition) is 3. The minimum Gasteiger partial charge on any atom is -0.368 e. The molecule has 112 valence electrons. The van der Waals surface area contributed by atoms with Gasteiger partial charge in [-0.05, 0) is 40.2 Å². The predicted octanol–water partition coefficient (Wildman–Crippen LogP) is 2.78. The fourth-order valence-electron chi connectivity index (χ4n) is 2.35. The van der Waals surface area contributed by atoms with Gasteiger partial charge in [-0.15, -0.1) is 0 Å². The van der Waals surface area contributed by atoms with E-state index in [0.29, 0.717) is 5.75 Å². The summed E-state index contributed by atoms with van der Waals surface area (Å²) in [7, 11) is 0. The van der Waals surface area contributed by atoms with E-state index in [1.165, 1.54) is 16.7 Å². The molecule has 0 aliphatic carbocycles. The normalized spacial score (nSPS) is 14.3. The molecule has 0 saturated carbocycles. The smallest absolute Gasteiger partial charge is 0.238 e. The summed E-state index contributed by atoms with van der Waals surface area (Å²) in [5.41, 5.74) is 8.73. The molecule has 0 radical (unpaired) electrons. The molecule has 0 spiro atoms. The molecule has 1 rings (SSSR count). The van der Waals surface area contributed by atoms with E-state index in [9.17, 15) is 4.79 Å². The third kappa shape index (κ3) is 5.17. The van der Waals surface area contributed by atoms with Crippen LogP contribution in [0.2, 0.25) is 0 Å². The van der Waals surface area contributed by atoms with Crippen molar-refractivity contribution < 1.29 is 4.79 Å². The van der Waals surface area contributed by atoms with Crippen LogP contribution in [0.15, 0.2) is 18.2 Å². The Morgan fingerprint density at radius 3 is 2.30 bits per heavy atom. The number of carbonyl (C=O) groups excluding carboxylic acids is 1. The second kappa shape index (κ2) is 7.14. The predicted molar refractivity (Wildman–Crippen MR) is 87.9 cm³/mol. The molecule has 0 aliphatic rings. The van der Waals surface area contributed by atoms with Crippen molar-refractivity contribution in [3.63, 3.8) is 0 Å². The van der Waals surface area contributed by atoms with Crippen molar-refractivity contribution in [3.05, 3.63) is 34.9 Å². The lowest BCUT2D eigenvalue weighted by Crippen LogP contribution is -2.57. The minimum absolute atomic E-state index is 0.231. The summed E-state index contributed by atoms with van der Waals surface area (Å²) in [6.45, 7) is 10.1. The lowest BCUT2D eigenvalue weighted by Gasteiger charge is -2.29. The first-order valence-electron chi connectivity index (χ1n) is 6.95. The molecule has 0 aliphatic heterocycles. The van der Waals surface area contributed by atoms with Crippen LogP contribution < -0.4 is 11.1 Å². The highest BCUT2D eigenvalue weighted by molar-refractivity contribution is 7.98. The van der Waals surface area contributed by atoms with Gasteiger partial charge in [0, 0.05) is 17.5 Å². The number of amides is 1. The summed E-state index contributed by atoms with van der Waals surface area (Å²) in [5.74, 6) is 1.28. The Balaban J connectivity index is 2.62. The molecule has 1 amide bonds. The molecule has 1 aromatic rings. The summed E-state index contributed by atoms with van der Waals surface area (Å²) in [5, 5.41) is 3.27. The van der Waals surface area contributed by atoms with Gasteiger partial charge in [-0.3, -0.25) is 4.79 Å².